The summed E-state index contributed by atoms with van der Waals surface area (Å²) >= 11 is 0. The summed E-state index contributed by atoms with van der Waals surface area (Å²) < 4.78 is 0. The molecule has 2 unspecified atom stereocenters. The summed E-state index contributed by atoms with van der Waals surface area (Å²) in [5.74, 6) is 0.875. The van der Waals surface area contributed by atoms with Crippen LogP contribution in [-0.2, 0) is 0 Å². The standard InChI is InChI=1S/C22H34Si/c1-15-11-17(21(3,4)5)19(13-15)23(9,10)20-14-16(2)12-18(20)22(6,7)8/h11-12,15-16H,1-10H3. The zero-order valence-corrected chi connectivity index (χ0v) is 17.8. The van der Waals surface area contributed by atoms with Crippen molar-refractivity contribution in [2.24, 2.45) is 22.7 Å². The van der Waals surface area contributed by atoms with Gasteiger partial charge in [0.15, 0.2) is 0 Å². The number of allylic oxidation sites excluding steroid dienone is 8. The molecule has 0 spiro atoms. The van der Waals surface area contributed by atoms with Gasteiger partial charge in [-0.25, -0.2) is 0 Å². The minimum atomic E-state index is -1.79. The van der Waals surface area contributed by atoms with Crippen molar-refractivity contribution in [2.75, 3.05) is 0 Å². The van der Waals surface area contributed by atoms with Crippen LogP contribution in [0.2, 0.25) is 13.1 Å². The molecule has 0 aromatic carbocycles. The van der Waals surface area contributed by atoms with Gasteiger partial charge in [-0.1, -0.05) is 80.6 Å². The zero-order valence-electron chi connectivity index (χ0n) is 16.8. The van der Waals surface area contributed by atoms with Gasteiger partial charge < -0.3 is 0 Å². The van der Waals surface area contributed by atoms with Crippen LogP contribution in [0.25, 0.3) is 0 Å². The van der Waals surface area contributed by atoms with E-state index in [9.17, 15) is 0 Å². The normalized spacial score (nSPS) is 26.0. The monoisotopic (exact) mass is 326 g/mol. The van der Waals surface area contributed by atoms with Crippen LogP contribution >= 0.6 is 0 Å². The first-order valence-corrected chi connectivity index (χ1v) is 12.0. The molecule has 2 radical (unpaired) electrons. The SMILES string of the molecule is CC1[C]=C([Si](C)(C)C2=[C]C(C)C=C2C(C)(C)C)C(C(C)(C)C)=C1. The summed E-state index contributed by atoms with van der Waals surface area (Å²) in [6.07, 6.45) is 12.5. The predicted octanol–water partition coefficient (Wildman–Crippen LogP) is 6.48. The van der Waals surface area contributed by atoms with Gasteiger partial charge in [0.2, 0.25) is 0 Å². The summed E-state index contributed by atoms with van der Waals surface area (Å²) in [6.45, 7) is 23.5. The van der Waals surface area contributed by atoms with Gasteiger partial charge in [0.1, 0.15) is 8.07 Å². The van der Waals surface area contributed by atoms with Crippen molar-refractivity contribution in [2.45, 2.75) is 68.5 Å². The van der Waals surface area contributed by atoms with E-state index in [-0.39, 0.29) is 10.8 Å². The van der Waals surface area contributed by atoms with Crippen molar-refractivity contribution in [1.29, 1.82) is 0 Å². The maximum atomic E-state index is 3.81. The Labute approximate surface area is 145 Å². The predicted molar refractivity (Wildman–Crippen MR) is 104 cm³/mol. The van der Waals surface area contributed by atoms with Crippen LogP contribution in [0, 0.1) is 34.8 Å². The highest BCUT2D eigenvalue weighted by Crippen LogP contribution is 2.48. The lowest BCUT2D eigenvalue weighted by Gasteiger charge is -2.37. The second-order valence-corrected chi connectivity index (χ2v) is 14.2. The van der Waals surface area contributed by atoms with Gasteiger partial charge in [-0.2, -0.15) is 0 Å². The van der Waals surface area contributed by atoms with Gasteiger partial charge in [0.05, 0.1) is 0 Å². The fourth-order valence-electron chi connectivity index (χ4n) is 3.77. The van der Waals surface area contributed by atoms with Crippen molar-refractivity contribution in [3.63, 3.8) is 0 Å². The van der Waals surface area contributed by atoms with Crippen LogP contribution in [0.15, 0.2) is 33.7 Å². The third-order valence-electron chi connectivity index (χ3n) is 4.98. The molecule has 23 heavy (non-hydrogen) atoms. The molecule has 2 aliphatic rings. The molecule has 0 aromatic rings. The second kappa shape index (κ2) is 5.62. The zero-order chi connectivity index (χ0) is 17.8. The van der Waals surface area contributed by atoms with Crippen LogP contribution in [0.3, 0.4) is 0 Å². The number of rotatable bonds is 2. The highest BCUT2D eigenvalue weighted by atomic mass is 28.3. The molecule has 0 saturated carbocycles. The van der Waals surface area contributed by atoms with E-state index in [0.29, 0.717) is 11.8 Å². The topological polar surface area (TPSA) is 0 Å². The van der Waals surface area contributed by atoms with Gasteiger partial charge >= 0.3 is 0 Å². The van der Waals surface area contributed by atoms with Crippen molar-refractivity contribution in [3.05, 3.63) is 45.8 Å². The highest BCUT2D eigenvalue weighted by molar-refractivity contribution is 6.92. The Morgan fingerprint density at radius 2 is 1.04 bits per heavy atom. The van der Waals surface area contributed by atoms with Crippen molar-refractivity contribution < 1.29 is 0 Å². The molecule has 0 nitrogen and oxygen atoms in total. The molecule has 2 rings (SSSR count). The summed E-state index contributed by atoms with van der Waals surface area (Å²) in [4.78, 5) is 0. The Balaban J connectivity index is 2.51. The van der Waals surface area contributed by atoms with Crippen molar-refractivity contribution in [3.8, 4) is 0 Å². The average Bonchev–Trinajstić information content (AvgIpc) is 2.91. The minimum Gasteiger partial charge on any atom is -0.0736 e. The molecule has 0 N–H and O–H groups in total. The van der Waals surface area contributed by atoms with Crippen LogP contribution < -0.4 is 0 Å². The third-order valence-corrected chi connectivity index (χ3v) is 8.31. The third kappa shape index (κ3) is 3.50. The molecular weight excluding hydrogens is 292 g/mol. The summed E-state index contributed by atoms with van der Waals surface area (Å²) in [5, 5.41) is 3.04. The lowest BCUT2D eigenvalue weighted by atomic mass is 9.86. The molecule has 0 aromatic heterocycles. The van der Waals surface area contributed by atoms with Crippen molar-refractivity contribution >= 4 is 8.07 Å². The Bertz CT molecular complexity index is 555. The van der Waals surface area contributed by atoms with E-state index in [1.54, 1.807) is 0 Å². The Kier molecular flexibility index (Phi) is 4.52. The van der Waals surface area contributed by atoms with Crippen LogP contribution in [-0.4, -0.2) is 8.07 Å². The Morgan fingerprint density at radius 3 is 1.30 bits per heavy atom. The average molecular weight is 327 g/mol. The van der Waals surface area contributed by atoms with Gasteiger partial charge in [-0.3, -0.25) is 0 Å². The summed E-state index contributed by atoms with van der Waals surface area (Å²) in [5.41, 5.74) is 3.41. The molecule has 0 fully saturated rings. The van der Waals surface area contributed by atoms with Crippen LogP contribution in [0.5, 0.6) is 0 Å². The lowest BCUT2D eigenvalue weighted by molar-refractivity contribution is 0.511. The van der Waals surface area contributed by atoms with Crippen LogP contribution in [0.4, 0.5) is 0 Å². The number of hydrogen-bond acceptors (Lipinski definition) is 0. The molecule has 0 bridgehead atoms. The summed E-state index contributed by atoms with van der Waals surface area (Å²) in [7, 11) is -1.79. The van der Waals surface area contributed by atoms with Gasteiger partial charge in [0.25, 0.3) is 0 Å². The lowest BCUT2D eigenvalue weighted by Crippen LogP contribution is -2.37. The largest absolute Gasteiger partial charge is 0.113 e. The van der Waals surface area contributed by atoms with Crippen molar-refractivity contribution in [1.82, 2.24) is 0 Å². The Hall–Kier alpha value is -0.823. The van der Waals surface area contributed by atoms with E-state index in [2.05, 4.69) is 92.8 Å². The first-order valence-electron chi connectivity index (χ1n) is 8.98. The molecule has 0 amide bonds. The molecule has 2 aliphatic carbocycles. The quantitative estimate of drug-likeness (QED) is 0.510. The fourth-order valence-corrected chi connectivity index (χ4v) is 7.46. The van der Waals surface area contributed by atoms with Crippen LogP contribution in [0.1, 0.15) is 55.4 Å². The minimum absolute atomic E-state index is 0.188. The van der Waals surface area contributed by atoms with Gasteiger partial charge in [-0.15, -0.1) is 0 Å². The smallest absolute Gasteiger partial charge is 0.0736 e. The molecule has 0 saturated heterocycles. The fraction of sp³-hybridized carbons (Fsp3) is 0.636. The first-order chi connectivity index (χ1) is 10.2. The molecule has 2 atom stereocenters. The second-order valence-electron chi connectivity index (χ2n) is 9.90. The van der Waals surface area contributed by atoms with E-state index < -0.39 is 8.07 Å². The van der Waals surface area contributed by atoms with E-state index in [0.717, 1.165) is 0 Å². The molecule has 1 heteroatoms. The number of hydrogen-bond donors (Lipinski definition) is 0. The maximum Gasteiger partial charge on any atom is 0.113 e. The molecule has 0 heterocycles. The van der Waals surface area contributed by atoms with Gasteiger partial charge in [-0.05, 0) is 56.4 Å². The Morgan fingerprint density at radius 1 is 0.739 bits per heavy atom. The highest BCUT2D eigenvalue weighted by Gasteiger charge is 2.42. The molecule has 126 valence electrons. The van der Waals surface area contributed by atoms with Gasteiger partial charge in [0, 0.05) is 0 Å². The van der Waals surface area contributed by atoms with E-state index in [1.807, 2.05) is 0 Å². The molecule has 0 aliphatic heterocycles. The molecular formula is C22H34Si. The van der Waals surface area contributed by atoms with E-state index in [4.69, 9.17) is 0 Å². The first kappa shape index (κ1) is 18.5. The van der Waals surface area contributed by atoms with E-state index >= 15 is 0 Å². The van der Waals surface area contributed by atoms with E-state index in [1.165, 1.54) is 21.5 Å². The maximum absolute atomic E-state index is 3.81. The summed E-state index contributed by atoms with van der Waals surface area (Å²) in [6, 6.07) is 0.